The van der Waals surface area contributed by atoms with Crippen LogP contribution in [-0.2, 0) is 49.4 Å². The smallest absolute Gasteiger partial charge is 0.416 e. The van der Waals surface area contributed by atoms with Gasteiger partial charge >= 0.3 is 18.3 Å². The lowest BCUT2D eigenvalue weighted by Crippen LogP contribution is -2.45. The van der Waals surface area contributed by atoms with Crippen molar-refractivity contribution in [1.29, 1.82) is 0 Å². The summed E-state index contributed by atoms with van der Waals surface area (Å²) in [5, 5.41) is 0.628. The number of anilines is 1. The van der Waals surface area contributed by atoms with Crippen LogP contribution in [0.25, 0.3) is 0 Å². The number of carbonyl (C=O) groups excluding carboxylic acids is 3. The van der Waals surface area contributed by atoms with Crippen molar-refractivity contribution in [2.24, 2.45) is 5.92 Å². The van der Waals surface area contributed by atoms with Crippen LogP contribution in [-0.4, -0.2) is 112 Å². The van der Waals surface area contributed by atoms with Gasteiger partial charge in [0.05, 0.1) is 31.9 Å². The highest BCUT2D eigenvalue weighted by Crippen LogP contribution is 2.31. The van der Waals surface area contributed by atoms with Crippen molar-refractivity contribution in [3.8, 4) is 0 Å². The predicted molar refractivity (Wildman–Crippen MR) is 253 cm³/mol. The summed E-state index contributed by atoms with van der Waals surface area (Å²) < 4.78 is 28.1. The summed E-state index contributed by atoms with van der Waals surface area (Å²) in [7, 11) is 0. The second-order valence-electron chi connectivity index (χ2n) is 20.6. The van der Waals surface area contributed by atoms with E-state index in [1.807, 2.05) is 81.4 Å². The largest absolute Gasteiger partial charge is 0.444 e. The molecule has 3 aliphatic heterocycles. The molecule has 0 N–H and O–H groups in total. The normalized spacial score (nSPS) is 20.8. The molecule has 0 spiro atoms. The van der Waals surface area contributed by atoms with Crippen molar-refractivity contribution in [3.05, 3.63) is 64.6 Å². The number of aromatic nitrogens is 2. The molecule has 13 nitrogen and oxygen atoms in total. The Kier molecular flexibility index (Phi) is 19.8. The fraction of sp³-hybridized carbons (Fsp3) is 0.700. The van der Waals surface area contributed by atoms with Crippen LogP contribution in [0.3, 0.4) is 0 Å². The highest BCUT2D eigenvalue weighted by molar-refractivity contribution is 6.29. The molecule has 0 saturated carbocycles. The van der Waals surface area contributed by atoms with E-state index in [1.165, 1.54) is 24.1 Å². The Labute approximate surface area is 388 Å². The van der Waals surface area contributed by atoms with Crippen molar-refractivity contribution < 1.29 is 38.1 Å². The minimum absolute atomic E-state index is 0.0557. The summed E-state index contributed by atoms with van der Waals surface area (Å²) in [6.07, 6.45) is 11.8. The van der Waals surface area contributed by atoms with Crippen LogP contribution in [0.4, 0.5) is 20.2 Å². The average molecular weight is 913 g/mol. The Hall–Kier alpha value is -3.94. The highest BCUT2D eigenvalue weighted by Gasteiger charge is 2.34. The second-order valence-corrected chi connectivity index (χ2v) is 20.9. The number of likely N-dealkylation sites (tertiary alicyclic amines) is 2. The third-order valence-corrected chi connectivity index (χ3v) is 11.2. The maximum atomic E-state index is 12.9. The van der Waals surface area contributed by atoms with Crippen LogP contribution in [0.5, 0.6) is 0 Å². The molecule has 64 heavy (non-hydrogen) atoms. The number of unbranched alkanes of at least 4 members (excludes halogenated alkanes) is 1. The van der Waals surface area contributed by atoms with Gasteiger partial charge in [-0.05, 0) is 169 Å². The standard InChI is InChI=1S/C27H43N3O5.C13H23NO3.C10H12ClN/c1-19-11-12-20-13-14-21(28-23(20)30(19)25(32)35-27(5,6)7)10-8-9-17-33-22-15-16-29(18-22)24(31)34-26(2,3)4;1-5-6-9-16-11-7-8-14(10-11)12(15)17-13(2,3)4;1-7-2-3-8-4-5-10(11)12-9(8)6-7/h13-14,19,22H,8-12,15-18H2,1-7H3;5,11H,1,6-10H2,2-4H3;4-5,7H,2-3,6H2,1H3/t19?,22-;11-;/m11./s1. The molecule has 2 aromatic heterocycles. The lowest BCUT2D eigenvalue weighted by Gasteiger charge is -2.35. The van der Waals surface area contributed by atoms with E-state index in [0.717, 1.165) is 80.8 Å². The maximum absolute atomic E-state index is 12.9. The van der Waals surface area contributed by atoms with Crippen LogP contribution < -0.4 is 4.90 Å². The first-order valence-electron chi connectivity index (χ1n) is 23.5. The molecule has 0 aromatic carbocycles. The van der Waals surface area contributed by atoms with Gasteiger partial charge in [-0.3, -0.25) is 4.90 Å². The Balaban J connectivity index is 0.000000253. The molecule has 1 aliphatic carbocycles. The fourth-order valence-electron chi connectivity index (χ4n) is 7.77. The van der Waals surface area contributed by atoms with Crippen LogP contribution >= 0.6 is 11.6 Å². The van der Waals surface area contributed by atoms with Crippen molar-refractivity contribution in [2.45, 2.75) is 182 Å². The summed E-state index contributed by atoms with van der Waals surface area (Å²) >= 11 is 5.81. The number of halogens is 1. The molecule has 2 saturated heterocycles. The molecule has 6 rings (SSSR count). The van der Waals surface area contributed by atoms with E-state index in [4.69, 9.17) is 40.3 Å². The van der Waals surface area contributed by atoms with Crippen molar-refractivity contribution in [3.63, 3.8) is 0 Å². The minimum atomic E-state index is -0.546. The van der Waals surface area contributed by atoms with Gasteiger partial charge in [-0.1, -0.05) is 36.7 Å². The van der Waals surface area contributed by atoms with Gasteiger partial charge in [-0.2, -0.15) is 0 Å². The summed E-state index contributed by atoms with van der Waals surface area (Å²) in [5.41, 5.74) is 3.20. The molecular weight excluding hydrogens is 834 g/mol. The molecule has 2 unspecified atom stereocenters. The van der Waals surface area contributed by atoms with Crippen molar-refractivity contribution in [2.75, 3.05) is 44.3 Å². The monoisotopic (exact) mass is 912 g/mol. The number of aryl methyl sites for hydroxylation is 3. The summed E-state index contributed by atoms with van der Waals surface area (Å²) in [6, 6.07) is 8.22. The number of fused-ring (bicyclic) bond motifs is 2. The molecule has 2 aromatic rings. The Bertz CT molecular complexity index is 1840. The zero-order valence-corrected chi connectivity index (χ0v) is 41.6. The van der Waals surface area contributed by atoms with Crippen LogP contribution in [0.1, 0.15) is 144 Å². The number of carbonyl (C=O) groups is 3. The van der Waals surface area contributed by atoms with E-state index in [1.54, 1.807) is 14.7 Å². The van der Waals surface area contributed by atoms with Gasteiger partial charge in [0.15, 0.2) is 0 Å². The van der Waals surface area contributed by atoms with Crippen LogP contribution in [0, 0.1) is 5.92 Å². The molecule has 14 heteroatoms. The topological polar surface area (TPSA) is 133 Å². The van der Waals surface area contributed by atoms with Gasteiger partial charge in [0.25, 0.3) is 0 Å². The van der Waals surface area contributed by atoms with E-state index in [9.17, 15) is 14.4 Å². The Morgan fingerprint density at radius 2 is 1.27 bits per heavy atom. The molecule has 358 valence electrons. The minimum Gasteiger partial charge on any atom is -0.444 e. The number of hydrogen-bond donors (Lipinski definition) is 0. The summed E-state index contributed by atoms with van der Waals surface area (Å²) in [5.74, 6) is 1.50. The number of rotatable bonds is 10. The first kappa shape index (κ1) is 52.7. The number of nitrogens with zero attached hydrogens (tertiary/aromatic N) is 5. The molecule has 0 bridgehead atoms. The van der Waals surface area contributed by atoms with Crippen LogP contribution in [0.2, 0.25) is 5.15 Å². The summed E-state index contributed by atoms with van der Waals surface area (Å²) in [4.78, 5) is 51.2. The first-order chi connectivity index (χ1) is 30.0. The SMILES string of the molecule is C=CCCO[C@@H]1CCN(C(=O)OC(C)(C)C)C1.CC1CCc2ccc(CCCCO[C@@H]3CCN(C(=O)OC(C)(C)C)C3)nc2N1C(=O)OC(C)(C)C.CC1CCc2ccc(Cl)nc2C1. The highest BCUT2D eigenvalue weighted by atomic mass is 35.5. The number of pyridine rings is 2. The number of amides is 3. The zero-order chi connectivity index (χ0) is 47.2. The van der Waals surface area contributed by atoms with E-state index >= 15 is 0 Å². The Morgan fingerprint density at radius 3 is 1.84 bits per heavy atom. The van der Waals surface area contributed by atoms with Gasteiger partial charge in [-0.15, -0.1) is 6.58 Å². The van der Waals surface area contributed by atoms with E-state index in [-0.39, 0.29) is 36.5 Å². The number of hydrogen-bond acceptors (Lipinski definition) is 10. The van der Waals surface area contributed by atoms with Gasteiger partial charge < -0.3 is 33.5 Å². The zero-order valence-electron chi connectivity index (χ0n) is 40.8. The third kappa shape index (κ3) is 18.1. The van der Waals surface area contributed by atoms with Gasteiger partial charge in [0.2, 0.25) is 0 Å². The Morgan fingerprint density at radius 1 is 0.719 bits per heavy atom. The molecule has 4 atom stereocenters. The molecule has 3 amide bonds. The maximum Gasteiger partial charge on any atom is 0.416 e. The molecular formula is C50H78ClN5O8. The molecule has 0 radical (unpaired) electrons. The third-order valence-electron chi connectivity index (χ3n) is 11.0. The molecule has 4 aliphatic rings. The number of ether oxygens (including phenoxy) is 5. The average Bonchev–Trinajstić information content (AvgIpc) is 3.87. The van der Waals surface area contributed by atoms with E-state index in [0.29, 0.717) is 44.5 Å². The quantitative estimate of drug-likeness (QED) is 0.0982. The molecule has 5 heterocycles. The fourth-order valence-corrected chi connectivity index (χ4v) is 7.94. The van der Waals surface area contributed by atoms with E-state index < -0.39 is 16.8 Å². The van der Waals surface area contributed by atoms with Crippen LogP contribution in [0.15, 0.2) is 36.9 Å². The lowest BCUT2D eigenvalue weighted by atomic mass is 9.88. The van der Waals surface area contributed by atoms with Crippen molar-refractivity contribution in [1.82, 2.24) is 19.8 Å². The molecule has 2 fully saturated rings. The van der Waals surface area contributed by atoms with Gasteiger partial charge in [0, 0.05) is 37.1 Å². The van der Waals surface area contributed by atoms with Gasteiger partial charge in [-0.25, -0.2) is 24.4 Å². The lowest BCUT2D eigenvalue weighted by molar-refractivity contribution is 0.0203. The van der Waals surface area contributed by atoms with E-state index in [2.05, 4.69) is 36.7 Å². The van der Waals surface area contributed by atoms with Gasteiger partial charge in [0.1, 0.15) is 27.8 Å². The van der Waals surface area contributed by atoms with Crippen molar-refractivity contribution >= 4 is 35.7 Å². The summed E-state index contributed by atoms with van der Waals surface area (Å²) in [6.45, 7) is 28.8. The first-order valence-corrected chi connectivity index (χ1v) is 23.8. The predicted octanol–water partition coefficient (Wildman–Crippen LogP) is 11.0. The second kappa shape index (κ2) is 24.0.